The zero-order valence-electron chi connectivity index (χ0n) is 9.59. The van der Waals surface area contributed by atoms with Crippen LogP contribution in [0.1, 0.15) is 15.9 Å². The molecule has 0 atom stereocenters. The molecular formula is C13H8ClN3O2. The Balaban J connectivity index is 2.45. The summed E-state index contributed by atoms with van der Waals surface area (Å²) in [4.78, 5) is 14.8. The van der Waals surface area contributed by atoms with Crippen LogP contribution in [0.4, 0.5) is 11.4 Å². The average molecular weight is 274 g/mol. The van der Waals surface area contributed by atoms with Crippen molar-refractivity contribution in [3.05, 3.63) is 52.8 Å². The van der Waals surface area contributed by atoms with Crippen molar-refractivity contribution in [3.8, 4) is 6.07 Å². The van der Waals surface area contributed by atoms with Gasteiger partial charge in [-0.05, 0) is 24.3 Å². The molecule has 0 spiro atoms. The van der Waals surface area contributed by atoms with E-state index in [1.807, 2.05) is 6.07 Å². The third-order valence-corrected chi connectivity index (χ3v) is 2.66. The van der Waals surface area contributed by atoms with E-state index in [4.69, 9.17) is 22.0 Å². The van der Waals surface area contributed by atoms with Gasteiger partial charge in [0.1, 0.15) is 11.6 Å². The molecule has 5 nitrogen and oxygen atoms in total. The molecule has 0 radical (unpaired) electrons. The van der Waals surface area contributed by atoms with Gasteiger partial charge in [-0.25, -0.2) is 4.79 Å². The first kappa shape index (κ1) is 12.9. The second-order valence-electron chi connectivity index (χ2n) is 3.65. The molecule has 0 bridgehead atoms. The molecule has 2 rings (SSSR count). The summed E-state index contributed by atoms with van der Waals surface area (Å²) in [6.07, 6.45) is 2.70. The maximum Gasteiger partial charge on any atom is 0.339 e. The maximum atomic E-state index is 11.1. The molecule has 0 aliphatic heterocycles. The van der Waals surface area contributed by atoms with Gasteiger partial charge < -0.3 is 10.4 Å². The van der Waals surface area contributed by atoms with Crippen LogP contribution in [0.2, 0.25) is 5.02 Å². The number of benzene rings is 1. The first-order valence-corrected chi connectivity index (χ1v) is 5.63. The van der Waals surface area contributed by atoms with Crippen molar-refractivity contribution in [1.82, 2.24) is 4.98 Å². The molecule has 2 N–H and O–H groups in total. The Morgan fingerprint density at radius 3 is 2.84 bits per heavy atom. The van der Waals surface area contributed by atoms with Gasteiger partial charge in [0, 0.05) is 17.4 Å². The standard InChI is InChI=1S/C13H8ClN3O2/c14-9-2-1-8(6-15)12(5-9)17-11-3-4-16-7-10(11)13(18)19/h1-5,7H,(H,16,17)(H,18,19). The molecule has 19 heavy (non-hydrogen) atoms. The molecule has 0 unspecified atom stereocenters. The molecule has 1 aromatic carbocycles. The third-order valence-electron chi connectivity index (χ3n) is 2.42. The van der Waals surface area contributed by atoms with Crippen LogP contribution in [0.5, 0.6) is 0 Å². The largest absolute Gasteiger partial charge is 0.478 e. The van der Waals surface area contributed by atoms with E-state index in [1.54, 1.807) is 18.2 Å². The minimum absolute atomic E-state index is 0.0198. The smallest absolute Gasteiger partial charge is 0.339 e. The monoisotopic (exact) mass is 273 g/mol. The number of hydrogen-bond acceptors (Lipinski definition) is 4. The molecule has 0 fully saturated rings. The second kappa shape index (κ2) is 5.38. The van der Waals surface area contributed by atoms with Crippen LogP contribution in [-0.2, 0) is 0 Å². The lowest BCUT2D eigenvalue weighted by atomic mass is 10.1. The fourth-order valence-electron chi connectivity index (χ4n) is 1.54. The van der Waals surface area contributed by atoms with E-state index in [2.05, 4.69) is 10.3 Å². The summed E-state index contributed by atoms with van der Waals surface area (Å²) in [5.41, 5.74) is 1.19. The van der Waals surface area contributed by atoms with Crippen molar-refractivity contribution < 1.29 is 9.90 Å². The summed E-state index contributed by atoms with van der Waals surface area (Å²) in [7, 11) is 0. The number of carboxylic acids is 1. The number of pyridine rings is 1. The number of nitrogens with one attached hydrogen (secondary N) is 1. The van der Waals surface area contributed by atoms with Crippen molar-refractivity contribution in [2.75, 3.05) is 5.32 Å². The van der Waals surface area contributed by atoms with E-state index in [0.29, 0.717) is 22.0 Å². The van der Waals surface area contributed by atoms with Crippen LogP contribution in [0.15, 0.2) is 36.7 Å². The van der Waals surface area contributed by atoms with E-state index in [1.165, 1.54) is 18.5 Å². The Labute approximate surface area is 114 Å². The number of aromatic nitrogens is 1. The first-order valence-electron chi connectivity index (χ1n) is 5.26. The van der Waals surface area contributed by atoms with Crippen molar-refractivity contribution in [2.45, 2.75) is 0 Å². The zero-order chi connectivity index (χ0) is 13.8. The summed E-state index contributed by atoms with van der Waals surface area (Å²) in [5, 5.41) is 21.4. The third kappa shape index (κ3) is 2.81. The predicted molar refractivity (Wildman–Crippen MR) is 70.6 cm³/mol. The molecular weight excluding hydrogens is 266 g/mol. The van der Waals surface area contributed by atoms with Crippen molar-refractivity contribution >= 4 is 28.9 Å². The molecule has 94 valence electrons. The van der Waals surface area contributed by atoms with E-state index in [-0.39, 0.29) is 5.56 Å². The van der Waals surface area contributed by atoms with Crippen LogP contribution in [0.3, 0.4) is 0 Å². The molecule has 0 saturated carbocycles. The van der Waals surface area contributed by atoms with Gasteiger partial charge in [-0.2, -0.15) is 5.26 Å². The van der Waals surface area contributed by atoms with Crippen molar-refractivity contribution in [3.63, 3.8) is 0 Å². The van der Waals surface area contributed by atoms with Gasteiger partial charge in [-0.15, -0.1) is 0 Å². The van der Waals surface area contributed by atoms with Crippen molar-refractivity contribution in [1.29, 1.82) is 5.26 Å². The van der Waals surface area contributed by atoms with Gasteiger partial charge in [-0.1, -0.05) is 11.6 Å². The topological polar surface area (TPSA) is 86.0 Å². The molecule has 1 aromatic heterocycles. The lowest BCUT2D eigenvalue weighted by molar-refractivity contribution is 0.0697. The minimum atomic E-state index is -1.10. The van der Waals surface area contributed by atoms with E-state index < -0.39 is 5.97 Å². The van der Waals surface area contributed by atoms with Crippen LogP contribution in [0.25, 0.3) is 0 Å². The quantitative estimate of drug-likeness (QED) is 0.897. The number of halogens is 1. The number of aromatic carboxylic acids is 1. The number of hydrogen-bond donors (Lipinski definition) is 2. The summed E-state index contributed by atoms with van der Waals surface area (Å²) in [5.74, 6) is -1.10. The molecule has 0 aliphatic carbocycles. The van der Waals surface area contributed by atoms with E-state index in [0.717, 1.165) is 0 Å². The maximum absolute atomic E-state index is 11.1. The zero-order valence-corrected chi connectivity index (χ0v) is 10.3. The van der Waals surface area contributed by atoms with Crippen LogP contribution in [-0.4, -0.2) is 16.1 Å². The average Bonchev–Trinajstić information content (AvgIpc) is 2.39. The first-order chi connectivity index (χ1) is 9.11. The highest BCUT2D eigenvalue weighted by molar-refractivity contribution is 6.30. The molecule has 6 heteroatoms. The van der Waals surface area contributed by atoms with Crippen molar-refractivity contribution in [2.24, 2.45) is 0 Å². The van der Waals surface area contributed by atoms with Gasteiger partial charge in [-0.3, -0.25) is 4.98 Å². The van der Waals surface area contributed by atoms with Gasteiger partial charge in [0.25, 0.3) is 0 Å². The molecule has 0 aliphatic rings. The Hall–Kier alpha value is -2.58. The molecule has 0 saturated heterocycles. The Morgan fingerprint density at radius 2 is 2.16 bits per heavy atom. The highest BCUT2D eigenvalue weighted by Crippen LogP contribution is 2.25. The lowest BCUT2D eigenvalue weighted by Crippen LogP contribution is -2.04. The summed E-state index contributed by atoms with van der Waals surface area (Å²) in [6, 6.07) is 8.24. The van der Waals surface area contributed by atoms with Gasteiger partial charge >= 0.3 is 5.97 Å². The lowest BCUT2D eigenvalue weighted by Gasteiger charge is -2.10. The minimum Gasteiger partial charge on any atom is -0.478 e. The fourth-order valence-corrected chi connectivity index (χ4v) is 1.71. The van der Waals surface area contributed by atoms with E-state index >= 15 is 0 Å². The molecule has 1 heterocycles. The number of rotatable bonds is 3. The summed E-state index contributed by atoms with van der Waals surface area (Å²) < 4.78 is 0. The van der Waals surface area contributed by atoms with Crippen LogP contribution < -0.4 is 5.32 Å². The number of nitrogens with zero attached hydrogens (tertiary/aromatic N) is 2. The van der Waals surface area contributed by atoms with E-state index in [9.17, 15) is 4.79 Å². The van der Waals surface area contributed by atoms with Crippen LogP contribution in [0, 0.1) is 11.3 Å². The summed E-state index contributed by atoms with van der Waals surface area (Å²) >= 11 is 5.86. The number of nitriles is 1. The summed E-state index contributed by atoms with van der Waals surface area (Å²) in [6.45, 7) is 0. The molecule has 0 amide bonds. The number of carboxylic acid groups (broad SMARTS) is 1. The normalized spacial score (nSPS) is 9.68. The van der Waals surface area contributed by atoms with Gasteiger partial charge in [0.05, 0.1) is 16.9 Å². The van der Waals surface area contributed by atoms with Gasteiger partial charge in [0.2, 0.25) is 0 Å². The highest BCUT2D eigenvalue weighted by atomic mass is 35.5. The second-order valence-corrected chi connectivity index (χ2v) is 4.09. The Morgan fingerprint density at radius 1 is 1.37 bits per heavy atom. The fraction of sp³-hybridized carbons (Fsp3) is 0. The number of carbonyl (C=O) groups is 1. The molecule has 2 aromatic rings. The highest BCUT2D eigenvalue weighted by Gasteiger charge is 2.11. The number of anilines is 2. The SMILES string of the molecule is N#Cc1ccc(Cl)cc1Nc1ccncc1C(=O)O. The van der Waals surface area contributed by atoms with Gasteiger partial charge in [0.15, 0.2) is 0 Å². The predicted octanol–water partition coefficient (Wildman–Crippen LogP) is 3.05. The van der Waals surface area contributed by atoms with Crippen LogP contribution >= 0.6 is 11.6 Å². The Bertz CT molecular complexity index is 680. The Kier molecular flexibility index (Phi) is 3.64.